The van der Waals surface area contributed by atoms with Crippen LogP contribution in [0.15, 0.2) is 29.2 Å². The number of carboxylic acid groups (broad SMARTS) is 1. The van der Waals surface area contributed by atoms with Crippen LogP contribution in [0.2, 0.25) is 0 Å². The van der Waals surface area contributed by atoms with E-state index >= 15 is 0 Å². The van der Waals surface area contributed by atoms with Gasteiger partial charge in [0.25, 0.3) is 5.91 Å². The van der Waals surface area contributed by atoms with Crippen molar-refractivity contribution in [2.75, 3.05) is 12.8 Å². The second-order valence-electron chi connectivity index (χ2n) is 6.05. The number of likely N-dealkylation sites (tertiary alicyclic amines) is 1. The minimum Gasteiger partial charge on any atom is -0.481 e. The van der Waals surface area contributed by atoms with Gasteiger partial charge in [-0.2, -0.15) is 0 Å². The van der Waals surface area contributed by atoms with E-state index in [0.29, 0.717) is 18.7 Å². The summed E-state index contributed by atoms with van der Waals surface area (Å²) in [6, 6.07) is 7.68. The van der Waals surface area contributed by atoms with Crippen LogP contribution in [0.3, 0.4) is 0 Å². The highest BCUT2D eigenvalue weighted by atomic mass is 32.2. The molecule has 132 valence electrons. The predicted molar refractivity (Wildman–Crippen MR) is 94.5 cm³/mol. The van der Waals surface area contributed by atoms with Gasteiger partial charge in [0, 0.05) is 23.9 Å². The molecular weight excluding hydrogens is 326 g/mol. The summed E-state index contributed by atoms with van der Waals surface area (Å²) in [6.07, 6.45) is 4.92. The lowest BCUT2D eigenvalue weighted by Crippen LogP contribution is -2.49. The second kappa shape index (κ2) is 8.97. The topological polar surface area (TPSA) is 66.8 Å². The minimum atomic E-state index is -0.814. The van der Waals surface area contributed by atoms with E-state index in [9.17, 15) is 9.59 Å². The molecule has 24 heavy (non-hydrogen) atoms. The normalized spacial score (nSPS) is 18.9. The lowest BCUT2D eigenvalue weighted by molar-refractivity contribution is -0.144. The van der Waals surface area contributed by atoms with Crippen LogP contribution in [0.5, 0.6) is 5.75 Å². The van der Waals surface area contributed by atoms with Crippen LogP contribution in [0.1, 0.15) is 39.0 Å². The molecular formula is C18H25NO4S. The average molecular weight is 351 g/mol. The molecule has 0 aliphatic carbocycles. The van der Waals surface area contributed by atoms with Gasteiger partial charge >= 0.3 is 5.97 Å². The van der Waals surface area contributed by atoms with E-state index in [1.807, 2.05) is 35.4 Å². The number of aliphatic carboxylic acids is 1. The van der Waals surface area contributed by atoms with Crippen molar-refractivity contribution in [3.8, 4) is 5.75 Å². The van der Waals surface area contributed by atoms with Gasteiger partial charge in [0.2, 0.25) is 0 Å². The molecule has 1 N–H and O–H groups in total. The smallest absolute Gasteiger partial charge is 0.303 e. The number of benzene rings is 1. The maximum Gasteiger partial charge on any atom is 0.303 e. The number of thioether (sulfide) groups is 1. The molecule has 2 rings (SSSR count). The molecule has 0 aromatic heterocycles. The third-order valence-corrected chi connectivity index (χ3v) is 5.07. The van der Waals surface area contributed by atoms with Crippen molar-refractivity contribution >= 4 is 23.6 Å². The summed E-state index contributed by atoms with van der Waals surface area (Å²) in [5.74, 6) is -0.196. The molecule has 1 aromatic carbocycles. The Morgan fingerprint density at radius 1 is 1.33 bits per heavy atom. The number of ether oxygens (including phenoxy) is 1. The van der Waals surface area contributed by atoms with Gasteiger partial charge < -0.3 is 14.7 Å². The first kappa shape index (κ1) is 18.6. The Morgan fingerprint density at radius 3 is 2.67 bits per heavy atom. The number of hydrogen-bond donors (Lipinski definition) is 1. The fraction of sp³-hybridized carbons (Fsp3) is 0.556. The quantitative estimate of drug-likeness (QED) is 0.763. The molecule has 1 aliphatic rings. The first-order valence-corrected chi connectivity index (χ1v) is 9.56. The lowest BCUT2D eigenvalue weighted by Gasteiger charge is -2.37. The van der Waals surface area contributed by atoms with Crippen molar-refractivity contribution in [1.29, 1.82) is 0 Å². The summed E-state index contributed by atoms with van der Waals surface area (Å²) in [4.78, 5) is 26.5. The fourth-order valence-corrected chi connectivity index (χ4v) is 3.43. The van der Waals surface area contributed by atoms with Crippen LogP contribution in [-0.2, 0) is 9.59 Å². The van der Waals surface area contributed by atoms with Crippen LogP contribution >= 0.6 is 11.8 Å². The number of carboxylic acids is 1. The van der Waals surface area contributed by atoms with Gasteiger partial charge in [-0.1, -0.05) is 0 Å². The molecule has 0 saturated carbocycles. The maximum atomic E-state index is 12.7. The average Bonchev–Trinajstić information content (AvgIpc) is 2.60. The highest BCUT2D eigenvalue weighted by Crippen LogP contribution is 2.24. The van der Waals surface area contributed by atoms with E-state index < -0.39 is 12.1 Å². The van der Waals surface area contributed by atoms with E-state index in [1.165, 1.54) is 0 Å². The standard InChI is InChI=1S/C18H25NO4S/c1-13(23-15-7-9-16(24-2)10-8-15)18(22)19-12-4-3-5-14(19)6-11-17(20)21/h7-10,13-14H,3-6,11-12H2,1-2H3,(H,20,21). The van der Waals surface area contributed by atoms with Crippen LogP contribution < -0.4 is 4.74 Å². The van der Waals surface area contributed by atoms with Crippen molar-refractivity contribution < 1.29 is 19.4 Å². The molecule has 1 saturated heterocycles. The highest BCUT2D eigenvalue weighted by molar-refractivity contribution is 7.98. The van der Waals surface area contributed by atoms with Gasteiger partial charge in [-0.25, -0.2) is 0 Å². The Kier molecular flexibility index (Phi) is 6.97. The molecule has 2 atom stereocenters. The van der Waals surface area contributed by atoms with Crippen LogP contribution in [0.25, 0.3) is 0 Å². The summed E-state index contributed by atoms with van der Waals surface area (Å²) in [5, 5.41) is 8.89. The minimum absolute atomic E-state index is 0.00673. The first-order chi connectivity index (χ1) is 11.5. The second-order valence-corrected chi connectivity index (χ2v) is 6.93. The lowest BCUT2D eigenvalue weighted by atomic mass is 9.97. The van der Waals surface area contributed by atoms with E-state index in [0.717, 1.165) is 24.2 Å². The number of piperidine rings is 1. The molecule has 1 aliphatic heterocycles. The Labute approximate surface area is 147 Å². The van der Waals surface area contributed by atoms with E-state index in [2.05, 4.69) is 0 Å². The summed E-state index contributed by atoms with van der Waals surface area (Å²) >= 11 is 1.65. The molecule has 0 spiro atoms. The number of nitrogens with zero attached hydrogens (tertiary/aromatic N) is 1. The van der Waals surface area contributed by atoms with Crippen LogP contribution in [-0.4, -0.2) is 46.8 Å². The first-order valence-electron chi connectivity index (χ1n) is 8.34. The molecule has 1 aromatic rings. The number of carbonyl (C=O) groups is 2. The van der Waals surface area contributed by atoms with Gasteiger partial charge in [-0.3, -0.25) is 9.59 Å². The largest absolute Gasteiger partial charge is 0.481 e. The van der Waals surface area contributed by atoms with Crippen LogP contribution in [0, 0.1) is 0 Å². The maximum absolute atomic E-state index is 12.7. The Bertz CT molecular complexity index is 561. The third kappa shape index (κ3) is 5.16. The molecule has 0 radical (unpaired) electrons. The molecule has 1 heterocycles. The Morgan fingerprint density at radius 2 is 2.04 bits per heavy atom. The third-order valence-electron chi connectivity index (χ3n) is 4.32. The van der Waals surface area contributed by atoms with E-state index in [-0.39, 0.29) is 18.4 Å². The molecule has 2 unspecified atom stereocenters. The number of rotatable bonds is 7. The van der Waals surface area contributed by atoms with Crippen molar-refractivity contribution in [1.82, 2.24) is 4.90 Å². The van der Waals surface area contributed by atoms with Crippen LogP contribution in [0.4, 0.5) is 0 Å². The highest BCUT2D eigenvalue weighted by Gasteiger charge is 2.30. The summed E-state index contributed by atoms with van der Waals surface area (Å²) in [5.41, 5.74) is 0. The molecule has 5 nitrogen and oxygen atoms in total. The van der Waals surface area contributed by atoms with Crippen molar-refractivity contribution in [2.45, 2.75) is 56.1 Å². The van der Waals surface area contributed by atoms with Gasteiger partial charge in [0.1, 0.15) is 5.75 Å². The Balaban J connectivity index is 1.97. The van der Waals surface area contributed by atoms with Gasteiger partial charge in [0.05, 0.1) is 0 Å². The molecule has 1 fully saturated rings. The summed E-state index contributed by atoms with van der Waals surface area (Å²) < 4.78 is 5.79. The molecule has 0 bridgehead atoms. The van der Waals surface area contributed by atoms with E-state index in [4.69, 9.17) is 9.84 Å². The van der Waals surface area contributed by atoms with Gasteiger partial charge in [-0.15, -0.1) is 11.8 Å². The summed E-state index contributed by atoms with van der Waals surface area (Å²) in [7, 11) is 0. The van der Waals surface area contributed by atoms with Gasteiger partial charge in [-0.05, 0) is 63.1 Å². The van der Waals surface area contributed by atoms with E-state index in [1.54, 1.807) is 18.7 Å². The SMILES string of the molecule is CSc1ccc(OC(C)C(=O)N2CCCCC2CCC(=O)O)cc1. The van der Waals surface area contributed by atoms with Gasteiger partial charge in [0.15, 0.2) is 6.10 Å². The zero-order chi connectivity index (χ0) is 17.5. The predicted octanol–water partition coefficient (Wildman–Crippen LogP) is 3.42. The van der Waals surface area contributed by atoms with Crippen molar-refractivity contribution in [3.63, 3.8) is 0 Å². The Hall–Kier alpha value is -1.69. The number of hydrogen-bond acceptors (Lipinski definition) is 4. The molecule has 1 amide bonds. The van der Waals surface area contributed by atoms with Crippen molar-refractivity contribution in [2.24, 2.45) is 0 Å². The summed E-state index contributed by atoms with van der Waals surface area (Å²) in [6.45, 7) is 2.44. The number of carbonyl (C=O) groups excluding carboxylic acids is 1. The monoisotopic (exact) mass is 351 g/mol. The zero-order valence-corrected chi connectivity index (χ0v) is 15.1. The van der Waals surface area contributed by atoms with Crippen molar-refractivity contribution in [3.05, 3.63) is 24.3 Å². The number of amides is 1. The zero-order valence-electron chi connectivity index (χ0n) is 14.2. The molecule has 6 heteroatoms. The fourth-order valence-electron chi connectivity index (χ4n) is 3.02.